The van der Waals surface area contributed by atoms with E-state index in [1.165, 1.54) is 12.1 Å². The molecule has 4 heteroatoms. The first-order valence-electron chi connectivity index (χ1n) is 5.48. The molecule has 1 aliphatic rings. The van der Waals surface area contributed by atoms with Crippen LogP contribution in [0.2, 0.25) is 0 Å². The first-order valence-corrected chi connectivity index (χ1v) is 5.48. The Hall–Kier alpha value is -1.13. The molecule has 0 radical (unpaired) electrons. The molecule has 0 saturated carbocycles. The summed E-state index contributed by atoms with van der Waals surface area (Å²) in [4.78, 5) is 0. The third-order valence-corrected chi connectivity index (χ3v) is 2.48. The van der Waals surface area contributed by atoms with Crippen molar-refractivity contribution < 1.29 is 13.9 Å². The van der Waals surface area contributed by atoms with E-state index in [1.54, 1.807) is 12.1 Å². The molecule has 2 unspecified atom stereocenters. The van der Waals surface area contributed by atoms with Crippen LogP contribution < -0.4 is 10.1 Å². The number of hydrogen-bond acceptors (Lipinski definition) is 3. The normalized spacial score (nSPS) is 25.4. The smallest absolute Gasteiger partial charge is 0.123 e. The van der Waals surface area contributed by atoms with Crippen LogP contribution in [-0.2, 0) is 4.74 Å². The van der Waals surface area contributed by atoms with Crippen LogP contribution in [0.3, 0.4) is 0 Å². The van der Waals surface area contributed by atoms with Gasteiger partial charge in [0.1, 0.15) is 24.3 Å². The third kappa shape index (κ3) is 3.18. The van der Waals surface area contributed by atoms with Gasteiger partial charge in [-0.1, -0.05) is 0 Å². The van der Waals surface area contributed by atoms with Crippen LogP contribution in [0.25, 0.3) is 0 Å². The molecule has 0 aliphatic carbocycles. The fourth-order valence-electron chi connectivity index (χ4n) is 1.69. The molecule has 0 spiro atoms. The lowest BCUT2D eigenvalue weighted by molar-refractivity contribution is -0.0470. The molecule has 1 N–H and O–H groups in total. The maximum atomic E-state index is 12.6. The molecular weight excluding hydrogens is 209 g/mol. The maximum absolute atomic E-state index is 12.6. The Kier molecular flexibility index (Phi) is 3.74. The quantitative estimate of drug-likeness (QED) is 0.847. The van der Waals surface area contributed by atoms with Gasteiger partial charge in [0.2, 0.25) is 0 Å². The number of hydrogen-bond donors (Lipinski definition) is 1. The van der Waals surface area contributed by atoms with Crippen LogP contribution in [0.5, 0.6) is 5.75 Å². The maximum Gasteiger partial charge on any atom is 0.123 e. The Morgan fingerprint density at radius 2 is 2.12 bits per heavy atom. The highest BCUT2D eigenvalue weighted by Gasteiger charge is 2.18. The minimum Gasteiger partial charge on any atom is -0.491 e. The van der Waals surface area contributed by atoms with Gasteiger partial charge in [-0.3, -0.25) is 0 Å². The fraction of sp³-hybridized carbons (Fsp3) is 0.500. The van der Waals surface area contributed by atoms with E-state index < -0.39 is 0 Å². The summed E-state index contributed by atoms with van der Waals surface area (Å²) in [6.45, 7) is 4.19. The first kappa shape index (κ1) is 11.4. The van der Waals surface area contributed by atoms with Gasteiger partial charge in [0.05, 0.1) is 6.10 Å². The summed E-state index contributed by atoms with van der Waals surface area (Å²) in [5, 5.41) is 3.26. The van der Waals surface area contributed by atoms with Crippen molar-refractivity contribution in [3.8, 4) is 5.75 Å². The number of nitrogens with one attached hydrogen (secondary N) is 1. The number of morpholine rings is 1. The van der Waals surface area contributed by atoms with Crippen LogP contribution in [0.15, 0.2) is 24.3 Å². The molecule has 1 fully saturated rings. The van der Waals surface area contributed by atoms with Crippen LogP contribution >= 0.6 is 0 Å². The molecule has 2 atom stereocenters. The standard InChI is InChI=1S/C12H16FNO2/c1-9-6-14-7-12(16-9)8-15-11-4-2-10(13)3-5-11/h2-5,9,12,14H,6-8H2,1H3. The van der Waals surface area contributed by atoms with Crippen molar-refractivity contribution in [3.63, 3.8) is 0 Å². The average Bonchev–Trinajstić information content (AvgIpc) is 2.28. The SMILES string of the molecule is CC1CNCC(COc2ccc(F)cc2)O1. The van der Waals surface area contributed by atoms with E-state index in [2.05, 4.69) is 5.32 Å². The van der Waals surface area contributed by atoms with Crippen molar-refractivity contribution in [1.82, 2.24) is 5.32 Å². The van der Waals surface area contributed by atoms with E-state index in [1.807, 2.05) is 6.92 Å². The van der Waals surface area contributed by atoms with Gasteiger partial charge in [-0.2, -0.15) is 0 Å². The molecule has 1 aliphatic heterocycles. The lowest BCUT2D eigenvalue weighted by Gasteiger charge is -2.28. The Bertz CT molecular complexity index is 328. The summed E-state index contributed by atoms with van der Waals surface area (Å²) in [6, 6.07) is 6.01. The molecule has 16 heavy (non-hydrogen) atoms. The minimum atomic E-state index is -0.253. The van der Waals surface area contributed by atoms with Crippen LogP contribution in [0, 0.1) is 5.82 Å². The van der Waals surface area contributed by atoms with Gasteiger partial charge in [0, 0.05) is 13.1 Å². The third-order valence-electron chi connectivity index (χ3n) is 2.48. The summed E-state index contributed by atoms with van der Waals surface area (Å²) in [6.07, 6.45) is 0.282. The molecule has 1 aromatic carbocycles. The second-order valence-electron chi connectivity index (χ2n) is 3.99. The zero-order valence-electron chi connectivity index (χ0n) is 9.28. The van der Waals surface area contributed by atoms with E-state index in [-0.39, 0.29) is 18.0 Å². The second kappa shape index (κ2) is 5.27. The summed E-state index contributed by atoms with van der Waals surface area (Å²) < 4.78 is 23.8. The van der Waals surface area contributed by atoms with Crippen molar-refractivity contribution in [3.05, 3.63) is 30.1 Å². The van der Waals surface area contributed by atoms with E-state index in [0.29, 0.717) is 12.4 Å². The summed E-state index contributed by atoms with van der Waals surface area (Å²) in [5.41, 5.74) is 0. The second-order valence-corrected chi connectivity index (χ2v) is 3.99. The summed E-state index contributed by atoms with van der Waals surface area (Å²) in [5.74, 6) is 0.416. The van der Waals surface area contributed by atoms with E-state index in [0.717, 1.165) is 13.1 Å². The van der Waals surface area contributed by atoms with Crippen molar-refractivity contribution in [2.45, 2.75) is 19.1 Å². The molecule has 1 heterocycles. The largest absolute Gasteiger partial charge is 0.491 e. The molecule has 0 amide bonds. The number of ether oxygens (including phenoxy) is 2. The molecule has 2 rings (SSSR count). The lowest BCUT2D eigenvalue weighted by atomic mass is 10.2. The topological polar surface area (TPSA) is 30.5 Å². The molecule has 0 bridgehead atoms. The molecule has 1 saturated heterocycles. The van der Waals surface area contributed by atoms with Crippen LogP contribution in [0.1, 0.15) is 6.92 Å². The monoisotopic (exact) mass is 225 g/mol. The molecular formula is C12H16FNO2. The average molecular weight is 225 g/mol. The van der Waals surface area contributed by atoms with Crippen molar-refractivity contribution in [1.29, 1.82) is 0 Å². The van der Waals surface area contributed by atoms with Gasteiger partial charge >= 0.3 is 0 Å². The highest BCUT2D eigenvalue weighted by Crippen LogP contribution is 2.12. The highest BCUT2D eigenvalue weighted by atomic mass is 19.1. The van der Waals surface area contributed by atoms with E-state index in [4.69, 9.17) is 9.47 Å². The Balaban J connectivity index is 1.80. The Morgan fingerprint density at radius 3 is 2.81 bits per heavy atom. The molecule has 88 valence electrons. The Morgan fingerprint density at radius 1 is 1.38 bits per heavy atom. The predicted octanol–water partition coefficient (Wildman–Crippen LogP) is 1.58. The number of rotatable bonds is 3. The van der Waals surface area contributed by atoms with Gasteiger partial charge in [0.15, 0.2) is 0 Å². The zero-order chi connectivity index (χ0) is 11.4. The van der Waals surface area contributed by atoms with Crippen LogP contribution in [-0.4, -0.2) is 31.9 Å². The molecule has 3 nitrogen and oxygen atoms in total. The fourth-order valence-corrected chi connectivity index (χ4v) is 1.69. The predicted molar refractivity (Wildman–Crippen MR) is 59.1 cm³/mol. The zero-order valence-corrected chi connectivity index (χ0v) is 9.28. The highest BCUT2D eigenvalue weighted by molar-refractivity contribution is 5.22. The number of halogens is 1. The van der Waals surface area contributed by atoms with Gasteiger partial charge in [-0.05, 0) is 31.2 Å². The molecule has 1 aromatic rings. The van der Waals surface area contributed by atoms with Crippen molar-refractivity contribution >= 4 is 0 Å². The van der Waals surface area contributed by atoms with Gasteiger partial charge < -0.3 is 14.8 Å². The van der Waals surface area contributed by atoms with Crippen molar-refractivity contribution in [2.75, 3.05) is 19.7 Å². The van der Waals surface area contributed by atoms with E-state index in [9.17, 15) is 4.39 Å². The first-order chi connectivity index (χ1) is 7.74. The van der Waals surface area contributed by atoms with Gasteiger partial charge in [-0.15, -0.1) is 0 Å². The number of benzene rings is 1. The summed E-state index contributed by atoms with van der Waals surface area (Å²) in [7, 11) is 0. The molecule has 0 aromatic heterocycles. The van der Waals surface area contributed by atoms with Crippen LogP contribution in [0.4, 0.5) is 4.39 Å². The van der Waals surface area contributed by atoms with Gasteiger partial charge in [0.25, 0.3) is 0 Å². The minimum absolute atomic E-state index is 0.0637. The lowest BCUT2D eigenvalue weighted by Crippen LogP contribution is -2.45. The Labute approximate surface area is 94.6 Å². The van der Waals surface area contributed by atoms with Crippen molar-refractivity contribution in [2.24, 2.45) is 0 Å². The van der Waals surface area contributed by atoms with E-state index >= 15 is 0 Å². The van der Waals surface area contributed by atoms with Gasteiger partial charge in [-0.25, -0.2) is 4.39 Å². The summed E-state index contributed by atoms with van der Waals surface area (Å²) >= 11 is 0.